The molecule has 1 N–H and O–H groups in total. The molecule has 0 saturated heterocycles. The molecule has 0 heterocycles. The Morgan fingerprint density at radius 3 is 2.75 bits per heavy atom. The lowest BCUT2D eigenvalue weighted by Gasteiger charge is -2.09. The van der Waals surface area contributed by atoms with Gasteiger partial charge in [-0.3, -0.25) is 4.79 Å². The summed E-state index contributed by atoms with van der Waals surface area (Å²) in [6, 6.07) is 5.00. The summed E-state index contributed by atoms with van der Waals surface area (Å²) >= 11 is 0. The summed E-state index contributed by atoms with van der Waals surface area (Å²) in [5, 5.41) is 2.77. The van der Waals surface area contributed by atoms with Crippen molar-refractivity contribution in [3.05, 3.63) is 35.4 Å². The number of alkyl halides is 3. The maximum atomic E-state index is 12.5. The lowest BCUT2D eigenvalue weighted by Crippen LogP contribution is -2.24. The number of esters is 1. The summed E-state index contributed by atoms with van der Waals surface area (Å²) in [5.74, 6) is -0.398. The normalized spacial score (nSPS) is 11.4. The Morgan fingerprint density at radius 1 is 1.35 bits per heavy atom. The number of carbonyl (C=O) groups excluding carboxylic acids is 1. The minimum atomic E-state index is -4.35. The molecule has 1 rings (SSSR count). The SMILES string of the molecule is CCCCOC(=O)CNCc1cccc(C(F)(F)F)c1. The highest BCUT2D eigenvalue weighted by Crippen LogP contribution is 2.29. The van der Waals surface area contributed by atoms with Crippen LogP contribution in [0.4, 0.5) is 13.2 Å². The second-order valence-electron chi connectivity index (χ2n) is 4.38. The highest BCUT2D eigenvalue weighted by atomic mass is 19.4. The maximum absolute atomic E-state index is 12.5. The number of nitrogens with one attached hydrogen (secondary N) is 1. The molecule has 0 fully saturated rings. The summed E-state index contributed by atoms with van der Waals surface area (Å²) in [5.41, 5.74) is -0.219. The van der Waals surface area contributed by atoms with E-state index in [0.717, 1.165) is 25.0 Å². The number of rotatable bonds is 7. The van der Waals surface area contributed by atoms with Crippen LogP contribution in [-0.2, 0) is 22.3 Å². The zero-order chi connectivity index (χ0) is 15.0. The van der Waals surface area contributed by atoms with Crippen LogP contribution in [0.3, 0.4) is 0 Å². The van der Waals surface area contributed by atoms with Crippen LogP contribution < -0.4 is 5.32 Å². The molecule has 3 nitrogen and oxygen atoms in total. The van der Waals surface area contributed by atoms with Crippen molar-refractivity contribution >= 4 is 5.97 Å². The van der Waals surface area contributed by atoms with Crippen LogP contribution in [0.5, 0.6) is 0 Å². The van der Waals surface area contributed by atoms with E-state index in [2.05, 4.69) is 5.32 Å². The number of unbranched alkanes of at least 4 members (excludes halogenated alkanes) is 1. The monoisotopic (exact) mass is 289 g/mol. The Kier molecular flexibility index (Phi) is 6.51. The second-order valence-corrected chi connectivity index (χ2v) is 4.38. The minimum Gasteiger partial charge on any atom is -0.465 e. The molecule has 6 heteroatoms. The van der Waals surface area contributed by atoms with Crippen LogP contribution in [0.1, 0.15) is 30.9 Å². The van der Waals surface area contributed by atoms with Crippen LogP contribution in [0.25, 0.3) is 0 Å². The topological polar surface area (TPSA) is 38.3 Å². The highest BCUT2D eigenvalue weighted by Gasteiger charge is 2.30. The van der Waals surface area contributed by atoms with Gasteiger partial charge in [-0.25, -0.2) is 0 Å². The molecule has 0 aliphatic rings. The molecule has 1 aromatic rings. The maximum Gasteiger partial charge on any atom is 0.416 e. The third kappa shape index (κ3) is 6.06. The van der Waals surface area contributed by atoms with E-state index < -0.39 is 17.7 Å². The quantitative estimate of drug-likeness (QED) is 0.619. The average Bonchev–Trinajstić information content (AvgIpc) is 2.38. The van der Waals surface area contributed by atoms with Crippen LogP contribution >= 0.6 is 0 Å². The average molecular weight is 289 g/mol. The number of ether oxygens (including phenoxy) is 1. The van der Waals surface area contributed by atoms with Crippen molar-refractivity contribution in [3.63, 3.8) is 0 Å². The Morgan fingerprint density at radius 2 is 2.10 bits per heavy atom. The Labute approximate surface area is 116 Å². The predicted molar refractivity (Wildman–Crippen MR) is 69.0 cm³/mol. The van der Waals surface area contributed by atoms with Crippen LogP contribution in [0.15, 0.2) is 24.3 Å². The fourth-order valence-electron chi connectivity index (χ4n) is 1.55. The van der Waals surface area contributed by atoms with Crippen molar-refractivity contribution < 1.29 is 22.7 Å². The van der Waals surface area contributed by atoms with Gasteiger partial charge in [-0.1, -0.05) is 31.5 Å². The van der Waals surface area contributed by atoms with E-state index in [4.69, 9.17) is 4.74 Å². The molecular formula is C14H18F3NO2. The number of benzene rings is 1. The van der Waals surface area contributed by atoms with Gasteiger partial charge in [0, 0.05) is 6.54 Å². The molecule has 20 heavy (non-hydrogen) atoms. The van der Waals surface area contributed by atoms with Gasteiger partial charge >= 0.3 is 12.1 Å². The fourth-order valence-corrected chi connectivity index (χ4v) is 1.55. The molecule has 0 bridgehead atoms. The van der Waals surface area contributed by atoms with Gasteiger partial charge in [-0.15, -0.1) is 0 Å². The standard InChI is InChI=1S/C14H18F3NO2/c1-2-3-7-20-13(19)10-18-9-11-5-4-6-12(8-11)14(15,16)17/h4-6,8,18H,2-3,7,9-10H2,1H3. The molecule has 1 aromatic carbocycles. The summed E-state index contributed by atoms with van der Waals surface area (Å²) in [6.07, 6.45) is -2.61. The predicted octanol–water partition coefficient (Wildman–Crippen LogP) is 3.14. The lowest BCUT2D eigenvalue weighted by atomic mass is 10.1. The minimum absolute atomic E-state index is 0.0139. The van der Waals surface area contributed by atoms with Gasteiger partial charge in [-0.2, -0.15) is 13.2 Å². The van der Waals surface area contributed by atoms with Crippen molar-refractivity contribution in [2.75, 3.05) is 13.2 Å². The molecule has 0 spiro atoms. The van der Waals surface area contributed by atoms with Gasteiger partial charge in [0.2, 0.25) is 0 Å². The first-order valence-electron chi connectivity index (χ1n) is 6.46. The van der Waals surface area contributed by atoms with Gasteiger partial charge in [0.05, 0.1) is 18.7 Å². The second kappa shape index (κ2) is 7.89. The zero-order valence-corrected chi connectivity index (χ0v) is 11.3. The summed E-state index contributed by atoms with van der Waals surface area (Å²) in [6.45, 7) is 2.53. The van der Waals surface area contributed by atoms with E-state index in [1.165, 1.54) is 6.07 Å². The van der Waals surface area contributed by atoms with E-state index in [-0.39, 0.29) is 13.1 Å². The number of carbonyl (C=O) groups is 1. The molecule has 0 radical (unpaired) electrons. The van der Waals surface area contributed by atoms with E-state index in [0.29, 0.717) is 12.2 Å². The number of halogens is 3. The smallest absolute Gasteiger partial charge is 0.416 e. The van der Waals surface area contributed by atoms with Gasteiger partial charge in [0.15, 0.2) is 0 Å². The first-order valence-corrected chi connectivity index (χ1v) is 6.46. The van der Waals surface area contributed by atoms with E-state index >= 15 is 0 Å². The summed E-state index contributed by atoms with van der Waals surface area (Å²) < 4.78 is 42.4. The summed E-state index contributed by atoms with van der Waals surface area (Å²) in [7, 11) is 0. The number of hydrogen-bond acceptors (Lipinski definition) is 3. The van der Waals surface area contributed by atoms with E-state index in [1.807, 2.05) is 6.92 Å². The zero-order valence-electron chi connectivity index (χ0n) is 11.3. The molecule has 0 atom stereocenters. The van der Waals surface area contributed by atoms with Crippen LogP contribution in [-0.4, -0.2) is 19.1 Å². The molecule has 0 aliphatic carbocycles. The van der Waals surface area contributed by atoms with Gasteiger partial charge in [0.1, 0.15) is 0 Å². The molecule has 0 aliphatic heterocycles. The molecule has 0 amide bonds. The third-order valence-electron chi connectivity index (χ3n) is 2.61. The largest absolute Gasteiger partial charge is 0.465 e. The Bertz CT molecular complexity index is 433. The third-order valence-corrected chi connectivity index (χ3v) is 2.61. The van der Waals surface area contributed by atoms with Crippen molar-refractivity contribution in [3.8, 4) is 0 Å². The molecule has 0 aromatic heterocycles. The van der Waals surface area contributed by atoms with E-state index in [1.54, 1.807) is 6.07 Å². The van der Waals surface area contributed by atoms with Crippen molar-refractivity contribution in [2.24, 2.45) is 0 Å². The Balaban J connectivity index is 2.37. The van der Waals surface area contributed by atoms with Crippen molar-refractivity contribution in [1.29, 1.82) is 0 Å². The summed E-state index contributed by atoms with van der Waals surface area (Å²) in [4.78, 5) is 11.3. The number of hydrogen-bond donors (Lipinski definition) is 1. The van der Waals surface area contributed by atoms with Gasteiger partial charge in [0.25, 0.3) is 0 Å². The highest BCUT2D eigenvalue weighted by molar-refractivity contribution is 5.71. The van der Waals surface area contributed by atoms with Gasteiger partial charge in [-0.05, 0) is 18.1 Å². The van der Waals surface area contributed by atoms with Crippen molar-refractivity contribution in [1.82, 2.24) is 5.32 Å². The molecule has 112 valence electrons. The fraction of sp³-hybridized carbons (Fsp3) is 0.500. The molecule has 0 saturated carbocycles. The first kappa shape index (κ1) is 16.5. The molecule has 0 unspecified atom stereocenters. The van der Waals surface area contributed by atoms with Crippen molar-refractivity contribution in [2.45, 2.75) is 32.5 Å². The van der Waals surface area contributed by atoms with Crippen LogP contribution in [0, 0.1) is 0 Å². The lowest BCUT2D eigenvalue weighted by molar-refractivity contribution is -0.142. The van der Waals surface area contributed by atoms with Crippen LogP contribution in [0.2, 0.25) is 0 Å². The first-order chi connectivity index (χ1) is 9.43. The molecular weight excluding hydrogens is 271 g/mol. The van der Waals surface area contributed by atoms with Gasteiger partial charge < -0.3 is 10.1 Å². The van der Waals surface area contributed by atoms with E-state index in [9.17, 15) is 18.0 Å². The Hall–Kier alpha value is -1.56.